The van der Waals surface area contributed by atoms with Crippen LogP contribution in [0, 0.1) is 0 Å². The number of rotatable bonds is 6. The molecule has 0 spiro atoms. The van der Waals surface area contributed by atoms with Gasteiger partial charge in [-0.15, -0.1) is 0 Å². The molecule has 0 fully saturated rings. The van der Waals surface area contributed by atoms with E-state index in [1.54, 1.807) is 18.2 Å². The van der Waals surface area contributed by atoms with E-state index in [2.05, 4.69) is 49.0 Å². The summed E-state index contributed by atoms with van der Waals surface area (Å²) in [4.78, 5) is 11.6. The zero-order valence-corrected chi connectivity index (χ0v) is 14.6. The molecule has 0 atom stereocenters. The minimum absolute atomic E-state index is 0.202. The van der Waals surface area contributed by atoms with E-state index in [-0.39, 0.29) is 5.76 Å². The number of amides is 1. The van der Waals surface area contributed by atoms with Crippen LogP contribution in [0.5, 0.6) is 5.75 Å². The van der Waals surface area contributed by atoms with Gasteiger partial charge in [-0.2, -0.15) is 5.10 Å². The Balaban J connectivity index is 2.05. The van der Waals surface area contributed by atoms with Crippen molar-refractivity contribution in [2.75, 3.05) is 6.61 Å². The molecule has 0 bridgehead atoms. The van der Waals surface area contributed by atoms with Crippen molar-refractivity contribution < 1.29 is 13.9 Å². The van der Waals surface area contributed by atoms with Crippen LogP contribution in [0.25, 0.3) is 0 Å². The highest BCUT2D eigenvalue weighted by molar-refractivity contribution is 9.11. The Kier molecular flexibility index (Phi) is 5.97. The number of benzene rings is 1. The van der Waals surface area contributed by atoms with Gasteiger partial charge < -0.3 is 9.15 Å². The van der Waals surface area contributed by atoms with Crippen LogP contribution in [0.2, 0.25) is 0 Å². The smallest absolute Gasteiger partial charge is 0.307 e. The lowest BCUT2D eigenvalue weighted by atomic mass is 10.2. The number of carbonyl (C=O) groups is 1. The van der Waals surface area contributed by atoms with E-state index in [9.17, 15) is 4.79 Å². The summed E-state index contributed by atoms with van der Waals surface area (Å²) in [5, 5.41) is 3.89. The van der Waals surface area contributed by atoms with Crippen LogP contribution < -0.4 is 10.2 Å². The van der Waals surface area contributed by atoms with Crippen LogP contribution >= 0.6 is 31.9 Å². The Labute approximate surface area is 144 Å². The summed E-state index contributed by atoms with van der Waals surface area (Å²) in [5.41, 5.74) is 3.16. The van der Waals surface area contributed by atoms with Gasteiger partial charge in [-0.1, -0.05) is 12.7 Å². The predicted molar refractivity (Wildman–Crippen MR) is 91.3 cm³/mol. The Morgan fingerprint density at radius 2 is 2.14 bits per heavy atom. The molecule has 1 N–H and O–H groups in total. The second-order valence-electron chi connectivity index (χ2n) is 4.09. The number of hydrogen-bond donors (Lipinski definition) is 1. The summed E-state index contributed by atoms with van der Waals surface area (Å²) in [7, 11) is 0. The fourth-order valence-corrected chi connectivity index (χ4v) is 3.01. The van der Waals surface area contributed by atoms with Crippen LogP contribution in [0.15, 0.2) is 61.6 Å². The van der Waals surface area contributed by atoms with Gasteiger partial charge in [-0.05, 0) is 61.7 Å². The molecule has 22 heavy (non-hydrogen) atoms. The summed E-state index contributed by atoms with van der Waals surface area (Å²) in [5.74, 6) is 0.467. The van der Waals surface area contributed by atoms with Gasteiger partial charge in [0.05, 0.1) is 21.4 Å². The normalized spacial score (nSPS) is 10.6. The van der Waals surface area contributed by atoms with Crippen LogP contribution in [-0.2, 0) is 0 Å². The molecule has 1 heterocycles. The fourth-order valence-electron chi connectivity index (χ4n) is 1.56. The molecular formula is C15H12Br2N2O3. The first-order valence-corrected chi connectivity index (χ1v) is 7.80. The van der Waals surface area contributed by atoms with Crippen molar-refractivity contribution in [3.05, 3.63) is 63.5 Å². The molecular weight excluding hydrogens is 416 g/mol. The summed E-state index contributed by atoms with van der Waals surface area (Å²) < 4.78 is 12.0. The number of hydrazone groups is 1. The number of nitrogens with zero attached hydrogens (tertiary/aromatic N) is 1. The van der Waals surface area contributed by atoms with Gasteiger partial charge in [0.15, 0.2) is 5.76 Å². The van der Waals surface area contributed by atoms with Crippen molar-refractivity contribution in [3.63, 3.8) is 0 Å². The highest BCUT2D eigenvalue weighted by Crippen LogP contribution is 2.34. The number of furan rings is 1. The number of ether oxygens (including phenoxy) is 1. The molecule has 0 unspecified atom stereocenters. The number of halogens is 2. The van der Waals surface area contributed by atoms with Gasteiger partial charge in [0, 0.05) is 0 Å². The third kappa shape index (κ3) is 4.32. The Morgan fingerprint density at radius 1 is 1.41 bits per heavy atom. The zero-order valence-electron chi connectivity index (χ0n) is 11.4. The van der Waals surface area contributed by atoms with Crippen LogP contribution in [-0.4, -0.2) is 18.7 Å². The first kappa shape index (κ1) is 16.5. The molecule has 114 valence electrons. The monoisotopic (exact) mass is 426 g/mol. The van der Waals surface area contributed by atoms with E-state index >= 15 is 0 Å². The van der Waals surface area contributed by atoms with Crippen molar-refractivity contribution in [2.45, 2.75) is 0 Å². The highest BCUT2D eigenvalue weighted by atomic mass is 79.9. The lowest BCUT2D eigenvalue weighted by molar-refractivity contribution is 0.0927. The first-order chi connectivity index (χ1) is 10.6. The summed E-state index contributed by atoms with van der Waals surface area (Å²) in [6.07, 6.45) is 4.61. The van der Waals surface area contributed by atoms with E-state index in [4.69, 9.17) is 9.15 Å². The van der Waals surface area contributed by atoms with Gasteiger partial charge in [0.25, 0.3) is 0 Å². The molecule has 0 saturated heterocycles. The van der Waals surface area contributed by atoms with Gasteiger partial charge in [-0.3, -0.25) is 4.79 Å². The van der Waals surface area contributed by atoms with E-state index in [1.165, 1.54) is 12.5 Å². The third-order valence-corrected chi connectivity index (χ3v) is 3.67. The van der Waals surface area contributed by atoms with Crippen molar-refractivity contribution in [1.82, 2.24) is 5.43 Å². The molecule has 2 rings (SSSR count). The second kappa shape index (κ2) is 7.95. The lowest BCUT2D eigenvalue weighted by Gasteiger charge is -2.09. The maximum absolute atomic E-state index is 11.6. The van der Waals surface area contributed by atoms with Gasteiger partial charge in [0.2, 0.25) is 0 Å². The van der Waals surface area contributed by atoms with E-state index < -0.39 is 5.91 Å². The summed E-state index contributed by atoms with van der Waals surface area (Å²) in [6.45, 7) is 4.01. The Bertz CT molecular complexity index is 674. The number of nitrogens with one attached hydrogen (secondary N) is 1. The lowest BCUT2D eigenvalue weighted by Crippen LogP contribution is -2.16. The molecule has 0 aliphatic rings. The van der Waals surface area contributed by atoms with Gasteiger partial charge >= 0.3 is 5.91 Å². The van der Waals surface area contributed by atoms with Crippen molar-refractivity contribution in [2.24, 2.45) is 5.10 Å². The van der Waals surface area contributed by atoms with E-state index in [0.717, 1.165) is 14.5 Å². The molecule has 0 radical (unpaired) electrons. The minimum Gasteiger partial charge on any atom is -0.487 e. The third-order valence-electron chi connectivity index (χ3n) is 2.49. The Morgan fingerprint density at radius 3 is 2.73 bits per heavy atom. The molecule has 1 aromatic carbocycles. The summed E-state index contributed by atoms with van der Waals surface area (Å²) >= 11 is 6.85. The number of carbonyl (C=O) groups excluding carboxylic acids is 1. The molecule has 5 nitrogen and oxygen atoms in total. The van der Waals surface area contributed by atoms with Crippen LogP contribution in [0.4, 0.5) is 0 Å². The average Bonchev–Trinajstić information content (AvgIpc) is 3.00. The largest absolute Gasteiger partial charge is 0.487 e. The Hall–Kier alpha value is -1.86. The fraction of sp³-hybridized carbons (Fsp3) is 0.0667. The number of hydrogen-bond acceptors (Lipinski definition) is 4. The van der Waals surface area contributed by atoms with Crippen LogP contribution in [0.1, 0.15) is 16.1 Å². The van der Waals surface area contributed by atoms with Gasteiger partial charge in [-0.25, -0.2) is 5.43 Å². The molecule has 1 amide bonds. The highest BCUT2D eigenvalue weighted by Gasteiger charge is 2.09. The quantitative estimate of drug-likeness (QED) is 0.428. The average molecular weight is 428 g/mol. The SMILES string of the molecule is C=CCOc1c(Br)cc(/C=N\NC(=O)c2ccco2)cc1Br. The van der Waals surface area contributed by atoms with E-state index in [1.807, 2.05) is 12.1 Å². The molecule has 0 aliphatic carbocycles. The second-order valence-corrected chi connectivity index (χ2v) is 5.80. The molecule has 1 aromatic heterocycles. The zero-order chi connectivity index (χ0) is 15.9. The van der Waals surface area contributed by atoms with Gasteiger partial charge in [0.1, 0.15) is 12.4 Å². The maximum Gasteiger partial charge on any atom is 0.307 e. The minimum atomic E-state index is -0.412. The topological polar surface area (TPSA) is 63.8 Å². The predicted octanol–water partition coefficient (Wildman–Crippen LogP) is 4.13. The van der Waals surface area contributed by atoms with Crippen molar-refractivity contribution in [1.29, 1.82) is 0 Å². The van der Waals surface area contributed by atoms with Crippen molar-refractivity contribution in [3.8, 4) is 5.75 Å². The molecule has 7 heteroatoms. The maximum atomic E-state index is 11.6. The van der Waals surface area contributed by atoms with Crippen LogP contribution in [0.3, 0.4) is 0 Å². The summed E-state index contributed by atoms with van der Waals surface area (Å²) in [6, 6.07) is 6.84. The molecule has 0 saturated carbocycles. The van der Waals surface area contributed by atoms with E-state index in [0.29, 0.717) is 12.4 Å². The molecule has 2 aromatic rings. The van der Waals surface area contributed by atoms with Crippen molar-refractivity contribution >= 4 is 44.0 Å². The molecule has 0 aliphatic heterocycles. The standard InChI is InChI=1S/C15H12Br2N2O3/c1-2-5-22-14-11(16)7-10(8-12(14)17)9-18-19-15(20)13-4-3-6-21-13/h2-4,6-9H,1,5H2,(H,19,20)/b18-9-. The first-order valence-electron chi connectivity index (χ1n) is 6.21.